The third-order valence-corrected chi connectivity index (χ3v) is 4.54. The average Bonchev–Trinajstić information content (AvgIpc) is 2.29. The van der Waals surface area contributed by atoms with Gasteiger partial charge in [0.15, 0.2) is 0 Å². The van der Waals surface area contributed by atoms with Gasteiger partial charge < -0.3 is 9.05 Å². The van der Waals surface area contributed by atoms with Gasteiger partial charge in [-0.2, -0.15) is 0 Å². The van der Waals surface area contributed by atoms with Crippen molar-refractivity contribution in [1.82, 2.24) is 0 Å². The van der Waals surface area contributed by atoms with Crippen LogP contribution in [0.1, 0.15) is 19.4 Å². The lowest BCUT2D eigenvalue weighted by atomic mass is 10.2. The van der Waals surface area contributed by atoms with Crippen LogP contribution >= 0.6 is 18.2 Å². The van der Waals surface area contributed by atoms with Crippen molar-refractivity contribution in [3.8, 4) is 0 Å². The molecule has 0 aliphatic carbocycles. The third-order valence-electron chi connectivity index (χ3n) is 1.80. The van der Waals surface area contributed by atoms with Crippen molar-refractivity contribution in [1.29, 1.82) is 0 Å². The molecule has 0 spiro atoms. The van der Waals surface area contributed by atoms with Crippen molar-refractivity contribution in [2.45, 2.75) is 13.8 Å². The summed E-state index contributed by atoms with van der Waals surface area (Å²) in [4.78, 5) is 0. The van der Waals surface area contributed by atoms with E-state index in [0.717, 1.165) is 5.56 Å². The Morgan fingerprint density at radius 3 is 2.24 bits per heavy atom. The molecular weight excluding hydrogens is 277 g/mol. The number of hydrogen-bond donors (Lipinski definition) is 0. The molecule has 0 aliphatic rings. The second-order valence-electron chi connectivity index (χ2n) is 3.10. The minimum absolute atomic E-state index is 0.495. The highest BCUT2D eigenvalue weighted by Gasteiger charge is 2.14. The Balaban J connectivity index is 2.79. The van der Waals surface area contributed by atoms with Crippen molar-refractivity contribution in [3.63, 3.8) is 0 Å². The Labute approximate surface area is 112 Å². The quantitative estimate of drug-likeness (QED) is 0.585. The molecule has 6 heteroatoms. The summed E-state index contributed by atoms with van der Waals surface area (Å²) in [6.45, 7) is 2.21. The molecule has 0 saturated carbocycles. The van der Waals surface area contributed by atoms with Gasteiger partial charge in [0, 0.05) is 11.2 Å². The minimum Gasteiger partial charge on any atom is -0.313 e. The molecule has 1 rings (SSSR count). The van der Waals surface area contributed by atoms with Crippen molar-refractivity contribution < 1.29 is 9.05 Å². The Bertz CT molecular complexity index is 412. The van der Waals surface area contributed by atoms with Gasteiger partial charge in [-0.05, 0) is 43.4 Å². The first-order chi connectivity index (χ1) is 8.09. The van der Waals surface area contributed by atoms with Gasteiger partial charge in [0.1, 0.15) is 0 Å². The summed E-state index contributed by atoms with van der Waals surface area (Å²) in [5.74, 6) is 0. The molecule has 0 N–H and O–H groups in total. The zero-order valence-electron chi connectivity index (χ0n) is 9.80. The molecule has 1 aromatic carbocycles. The zero-order chi connectivity index (χ0) is 12.7. The van der Waals surface area contributed by atoms with Crippen LogP contribution in [0, 0.1) is 0 Å². The summed E-state index contributed by atoms with van der Waals surface area (Å²) in [7, 11) is 0. The fraction of sp³-hybridized carbons (Fsp3) is 0.364. The molecule has 0 aromatic heterocycles. The minimum atomic E-state index is -2.53. The first-order valence-corrected chi connectivity index (χ1v) is 8.27. The molecular formula is C11H15ClNO2PS. The molecule has 0 saturated heterocycles. The van der Waals surface area contributed by atoms with E-state index in [2.05, 4.69) is 4.76 Å². The van der Waals surface area contributed by atoms with Gasteiger partial charge in [-0.1, -0.05) is 23.7 Å². The maximum absolute atomic E-state index is 5.79. The predicted molar refractivity (Wildman–Crippen MR) is 76.6 cm³/mol. The van der Waals surface area contributed by atoms with Crippen LogP contribution in [0.2, 0.25) is 5.02 Å². The molecule has 94 valence electrons. The Morgan fingerprint density at radius 1 is 1.24 bits per heavy atom. The van der Waals surface area contributed by atoms with Crippen molar-refractivity contribution in [2.24, 2.45) is 4.76 Å². The van der Waals surface area contributed by atoms with Gasteiger partial charge in [0.25, 0.3) is 0 Å². The maximum Gasteiger partial charge on any atom is 0.308 e. The van der Waals surface area contributed by atoms with Crippen LogP contribution < -0.4 is 0 Å². The smallest absolute Gasteiger partial charge is 0.308 e. The molecule has 3 nitrogen and oxygen atoms in total. The van der Waals surface area contributed by atoms with E-state index in [1.54, 1.807) is 18.3 Å². The van der Waals surface area contributed by atoms with Crippen LogP contribution in [0.25, 0.3) is 0 Å². The van der Waals surface area contributed by atoms with E-state index in [4.69, 9.17) is 32.5 Å². The summed E-state index contributed by atoms with van der Waals surface area (Å²) in [6, 6.07) is 7.33. The maximum atomic E-state index is 5.79. The summed E-state index contributed by atoms with van der Waals surface area (Å²) in [6.07, 6.45) is 1.67. The van der Waals surface area contributed by atoms with E-state index >= 15 is 0 Å². The van der Waals surface area contributed by atoms with Crippen molar-refractivity contribution >= 4 is 36.3 Å². The second kappa shape index (κ2) is 7.24. The van der Waals surface area contributed by atoms with Crippen molar-refractivity contribution in [2.75, 3.05) is 13.2 Å². The first-order valence-electron chi connectivity index (χ1n) is 5.30. The molecule has 0 bridgehead atoms. The van der Waals surface area contributed by atoms with Crippen LogP contribution in [0.15, 0.2) is 29.0 Å². The average molecular weight is 292 g/mol. The summed E-state index contributed by atoms with van der Waals surface area (Å²) in [5.41, 5.74) is 0.919. The van der Waals surface area contributed by atoms with Gasteiger partial charge in [0.2, 0.25) is 0 Å². The van der Waals surface area contributed by atoms with Crippen LogP contribution in [0.4, 0.5) is 0 Å². The lowest BCUT2D eigenvalue weighted by molar-refractivity contribution is 0.268. The van der Waals surface area contributed by atoms with Crippen LogP contribution in [-0.4, -0.2) is 19.4 Å². The fourth-order valence-corrected chi connectivity index (χ4v) is 3.15. The first kappa shape index (κ1) is 14.8. The molecule has 0 amide bonds. The van der Waals surface area contributed by atoms with E-state index in [1.807, 2.05) is 26.0 Å². The largest absolute Gasteiger partial charge is 0.313 e. The molecule has 17 heavy (non-hydrogen) atoms. The van der Waals surface area contributed by atoms with Crippen LogP contribution in [-0.2, 0) is 20.9 Å². The highest BCUT2D eigenvalue weighted by molar-refractivity contribution is 8.09. The second-order valence-corrected chi connectivity index (χ2v) is 6.61. The standard InChI is InChI=1S/C11H15ClNO2PS/c1-3-14-16(17,15-4-2)13-9-10-5-7-11(12)8-6-10/h5-9H,3-4H2,1-2H3/b13-9+. The molecule has 1 aromatic rings. The molecule has 0 radical (unpaired) electrons. The topological polar surface area (TPSA) is 30.8 Å². The molecule has 0 aliphatic heterocycles. The monoisotopic (exact) mass is 291 g/mol. The lowest BCUT2D eigenvalue weighted by Crippen LogP contribution is -1.93. The fourth-order valence-electron chi connectivity index (χ4n) is 1.12. The number of hydrogen-bond acceptors (Lipinski definition) is 3. The van der Waals surface area contributed by atoms with E-state index in [9.17, 15) is 0 Å². The number of rotatable bonds is 6. The summed E-state index contributed by atoms with van der Waals surface area (Å²) in [5, 5.41) is 0.691. The number of benzene rings is 1. The number of nitrogens with zero attached hydrogens (tertiary/aromatic N) is 1. The number of halogens is 1. The van der Waals surface area contributed by atoms with E-state index in [-0.39, 0.29) is 0 Å². The molecule has 0 fully saturated rings. The van der Waals surface area contributed by atoms with E-state index < -0.39 is 6.64 Å². The summed E-state index contributed by atoms with van der Waals surface area (Å²) < 4.78 is 15.0. The summed E-state index contributed by atoms with van der Waals surface area (Å²) >= 11 is 11.1. The zero-order valence-corrected chi connectivity index (χ0v) is 12.3. The molecule has 0 atom stereocenters. The van der Waals surface area contributed by atoms with Gasteiger partial charge in [-0.25, -0.2) is 4.76 Å². The highest BCUT2D eigenvalue weighted by Crippen LogP contribution is 2.49. The lowest BCUT2D eigenvalue weighted by Gasteiger charge is -2.15. The predicted octanol–water partition coefficient (Wildman–Crippen LogP) is 4.06. The van der Waals surface area contributed by atoms with Gasteiger partial charge >= 0.3 is 6.64 Å². The Morgan fingerprint density at radius 2 is 1.76 bits per heavy atom. The van der Waals surface area contributed by atoms with Crippen LogP contribution in [0.5, 0.6) is 0 Å². The van der Waals surface area contributed by atoms with Gasteiger partial charge in [0.05, 0.1) is 13.2 Å². The third kappa shape index (κ3) is 5.28. The van der Waals surface area contributed by atoms with E-state index in [0.29, 0.717) is 18.2 Å². The molecule has 0 heterocycles. The SMILES string of the molecule is CCOP(=S)(/N=C/c1ccc(Cl)cc1)OCC. The Kier molecular flexibility index (Phi) is 6.31. The highest BCUT2D eigenvalue weighted by atomic mass is 35.5. The van der Waals surface area contributed by atoms with Crippen molar-refractivity contribution in [3.05, 3.63) is 34.9 Å². The van der Waals surface area contributed by atoms with Gasteiger partial charge in [-0.15, -0.1) is 0 Å². The Hall–Kier alpha value is -0.250. The van der Waals surface area contributed by atoms with Gasteiger partial charge in [-0.3, -0.25) is 0 Å². The van der Waals surface area contributed by atoms with E-state index in [1.165, 1.54) is 0 Å². The normalized spacial score (nSPS) is 12.2. The van der Waals surface area contributed by atoms with Crippen LogP contribution in [0.3, 0.4) is 0 Å². The molecule has 0 unspecified atom stereocenters.